The normalized spacial score (nSPS) is 18.4. The van der Waals surface area contributed by atoms with Crippen molar-refractivity contribution < 1.29 is 4.74 Å². The third kappa shape index (κ3) is 3.24. The summed E-state index contributed by atoms with van der Waals surface area (Å²) in [7, 11) is 0. The summed E-state index contributed by atoms with van der Waals surface area (Å²) >= 11 is 0. The Bertz CT molecular complexity index is 1130. The number of ether oxygens (including phenoxy) is 1. The lowest BCUT2D eigenvalue weighted by Crippen LogP contribution is -2.05. The molecule has 0 unspecified atom stereocenters. The molecule has 0 saturated heterocycles. The molecular weight excluding hydrogens is 348 g/mol. The van der Waals surface area contributed by atoms with Crippen molar-refractivity contribution in [1.82, 2.24) is 19.9 Å². The average molecular weight is 370 g/mol. The summed E-state index contributed by atoms with van der Waals surface area (Å²) in [5, 5.41) is 1.16. The Balaban J connectivity index is 1.35. The molecule has 1 saturated carbocycles. The predicted molar refractivity (Wildman–Crippen MR) is 109 cm³/mol. The third-order valence-corrected chi connectivity index (χ3v) is 5.41. The lowest BCUT2D eigenvalue weighted by Gasteiger charge is -2.11. The van der Waals surface area contributed by atoms with Crippen LogP contribution in [0.5, 0.6) is 5.88 Å². The number of aromatic nitrogens is 4. The summed E-state index contributed by atoms with van der Waals surface area (Å²) in [6, 6.07) is 12.6. The van der Waals surface area contributed by atoms with E-state index in [2.05, 4.69) is 63.3 Å². The van der Waals surface area contributed by atoms with E-state index in [4.69, 9.17) is 4.74 Å². The molecule has 3 heterocycles. The fourth-order valence-corrected chi connectivity index (χ4v) is 3.66. The fourth-order valence-electron chi connectivity index (χ4n) is 3.66. The van der Waals surface area contributed by atoms with Crippen molar-refractivity contribution in [3.05, 3.63) is 72.1 Å². The van der Waals surface area contributed by atoms with Crippen molar-refractivity contribution in [2.75, 3.05) is 6.61 Å². The van der Waals surface area contributed by atoms with Crippen LogP contribution in [0.4, 0.5) is 0 Å². The van der Waals surface area contributed by atoms with Crippen LogP contribution in [0.15, 0.2) is 55.0 Å². The van der Waals surface area contributed by atoms with Gasteiger partial charge in [-0.1, -0.05) is 12.1 Å². The number of aromatic amines is 1. The van der Waals surface area contributed by atoms with E-state index in [-0.39, 0.29) is 0 Å². The molecule has 1 aliphatic carbocycles. The van der Waals surface area contributed by atoms with Gasteiger partial charge in [-0.2, -0.15) is 4.98 Å². The van der Waals surface area contributed by atoms with Gasteiger partial charge in [0.25, 0.3) is 0 Å². The highest BCUT2D eigenvalue weighted by molar-refractivity contribution is 5.85. The van der Waals surface area contributed by atoms with Crippen LogP contribution in [-0.2, 0) is 0 Å². The minimum absolute atomic E-state index is 0.489. The predicted octanol–water partition coefficient (Wildman–Crippen LogP) is 4.82. The van der Waals surface area contributed by atoms with E-state index >= 15 is 0 Å². The first-order chi connectivity index (χ1) is 13.7. The van der Waals surface area contributed by atoms with Crippen LogP contribution in [0, 0.1) is 19.8 Å². The van der Waals surface area contributed by atoms with E-state index in [0.29, 0.717) is 30.1 Å². The minimum atomic E-state index is 0.489. The summed E-state index contributed by atoms with van der Waals surface area (Å²) in [5.74, 6) is 2.35. The molecule has 0 bridgehead atoms. The SMILES string of the molecule is Cc1ccc([C@H]2C[C@@H]2COc2nc(C)ncc2-c2ccc3[nH]ccc3c2)nc1. The van der Waals surface area contributed by atoms with Crippen molar-refractivity contribution in [2.24, 2.45) is 5.92 Å². The number of rotatable bonds is 5. The largest absolute Gasteiger partial charge is 0.477 e. The Hall–Kier alpha value is -3.21. The first kappa shape index (κ1) is 16.9. The Morgan fingerprint density at radius 1 is 1.07 bits per heavy atom. The molecule has 1 N–H and O–H groups in total. The number of aryl methyl sites for hydroxylation is 2. The lowest BCUT2D eigenvalue weighted by atomic mass is 10.1. The summed E-state index contributed by atoms with van der Waals surface area (Å²) < 4.78 is 6.18. The molecule has 140 valence electrons. The molecule has 4 aromatic rings. The molecule has 0 radical (unpaired) electrons. The highest BCUT2D eigenvalue weighted by Gasteiger charge is 2.40. The first-order valence-electron chi connectivity index (χ1n) is 9.64. The van der Waals surface area contributed by atoms with Crippen molar-refractivity contribution in [3.63, 3.8) is 0 Å². The number of pyridine rings is 1. The molecule has 28 heavy (non-hydrogen) atoms. The summed E-state index contributed by atoms with van der Waals surface area (Å²) in [6.07, 6.45) is 6.86. The van der Waals surface area contributed by atoms with Gasteiger partial charge in [0.15, 0.2) is 0 Å². The van der Waals surface area contributed by atoms with Crippen LogP contribution in [-0.4, -0.2) is 26.5 Å². The molecule has 0 spiro atoms. The van der Waals surface area contributed by atoms with Crippen molar-refractivity contribution >= 4 is 10.9 Å². The quantitative estimate of drug-likeness (QED) is 0.547. The topological polar surface area (TPSA) is 63.7 Å². The Kier molecular flexibility index (Phi) is 4.08. The summed E-state index contributed by atoms with van der Waals surface area (Å²) in [6.45, 7) is 4.60. The van der Waals surface area contributed by atoms with Crippen molar-refractivity contribution in [3.8, 4) is 17.0 Å². The number of nitrogens with zero attached hydrogens (tertiary/aromatic N) is 3. The molecule has 0 amide bonds. The molecule has 1 fully saturated rings. The number of benzene rings is 1. The second-order valence-corrected chi connectivity index (χ2v) is 7.59. The van der Waals surface area contributed by atoms with Crippen LogP contribution in [0.3, 0.4) is 0 Å². The van der Waals surface area contributed by atoms with E-state index in [1.807, 2.05) is 25.5 Å². The first-order valence-corrected chi connectivity index (χ1v) is 9.64. The summed E-state index contributed by atoms with van der Waals surface area (Å²) in [5.41, 5.74) is 5.47. The molecule has 5 rings (SSSR count). The maximum Gasteiger partial charge on any atom is 0.224 e. The van der Waals surface area contributed by atoms with Gasteiger partial charge in [-0.15, -0.1) is 0 Å². The van der Waals surface area contributed by atoms with Gasteiger partial charge in [-0.3, -0.25) is 4.98 Å². The molecule has 0 aliphatic heterocycles. The number of H-pyrrole nitrogens is 1. The molecule has 5 heteroatoms. The Morgan fingerprint density at radius 2 is 2.00 bits per heavy atom. The van der Waals surface area contributed by atoms with E-state index in [9.17, 15) is 0 Å². The Morgan fingerprint density at radius 3 is 2.86 bits per heavy atom. The van der Waals surface area contributed by atoms with E-state index < -0.39 is 0 Å². The Labute approximate surface area is 163 Å². The van der Waals surface area contributed by atoms with Crippen LogP contribution in [0.1, 0.15) is 29.4 Å². The summed E-state index contributed by atoms with van der Waals surface area (Å²) in [4.78, 5) is 16.7. The van der Waals surface area contributed by atoms with Crippen LogP contribution >= 0.6 is 0 Å². The second kappa shape index (κ2) is 6.75. The van der Waals surface area contributed by atoms with Gasteiger partial charge in [0.1, 0.15) is 5.82 Å². The van der Waals surface area contributed by atoms with Gasteiger partial charge in [0.05, 0.1) is 12.2 Å². The highest BCUT2D eigenvalue weighted by atomic mass is 16.5. The monoisotopic (exact) mass is 370 g/mol. The van der Waals surface area contributed by atoms with Crippen molar-refractivity contribution in [1.29, 1.82) is 0 Å². The second-order valence-electron chi connectivity index (χ2n) is 7.59. The maximum atomic E-state index is 6.18. The van der Waals surface area contributed by atoms with Crippen LogP contribution < -0.4 is 4.74 Å². The lowest BCUT2D eigenvalue weighted by molar-refractivity contribution is 0.285. The van der Waals surface area contributed by atoms with Gasteiger partial charge in [-0.25, -0.2) is 4.98 Å². The third-order valence-electron chi connectivity index (χ3n) is 5.41. The number of hydrogen-bond donors (Lipinski definition) is 1. The molecule has 5 nitrogen and oxygen atoms in total. The van der Waals surface area contributed by atoms with E-state index in [1.54, 1.807) is 0 Å². The standard InChI is InChI=1S/C23H22N4O/c1-14-3-5-22(26-11-14)19-10-18(19)13-28-23-20(12-25-15(2)27-23)16-4-6-21-17(9-16)7-8-24-21/h3-9,11-12,18-19,24H,10,13H2,1-2H3/t18-,19+/m1/s1. The molecule has 1 aliphatic rings. The zero-order valence-electron chi connectivity index (χ0n) is 16.0. The zero-order valence-corrected chi connectivity index (χ0v) is 16.0. The number of hydrogen-bond acceptors (Lipinski definition) is 4. The van der Waals surface area contributed by atoms with Gasteiger partial charge >= 0.3 is 0 Å². The number of fused-ring (bicyclic) bond motifs is 1. The van der Waals surface area contributed by atoms with Gasteiger partial charge in [-0.05, 0) is 61.0 Å². The van der Waals surface area contributed by atoms with Crippen molar-refractivity contribution in [2.45, 2.75) is 26.2 Å². The van der Waals surface area contributed by atoms with Gasteiger partial charge in [0.2, 0.25) is 5.88 Å². The maximum absolute atomic E-state index is 6.18. The van der Waals surface area contributed by atoms with Crippen LogP contribution in [0.2, 0.25) is 0 Å². The molecule has 3 aromatic heterocycles. The van der Waals surface area contributed by atoms with E-state index in [0.717, 1.165) is 34.1 Å². The van der Waals surface area contributed by atoms with Gasteiger partial charge in [0, 0.05) is 41.6 Å². The van der Waals surface area contributed by atoms with Gasteiger partial charge < -0.3 is 9.72 Å². The van der Waals surface area contributed by atoms with E-state index in [1.165, 1.54) is 5.56 Å². The highest BCUT2D eigenvalue weighted by Crippen LogP contribution is 2.47. The minimum Gasteiger partial charge on any atom is -0.477 e. The molecule has 2 atom stereocenters. The molecule has 1 aromatic carbocycles. The number of nitrogens with one attached hydrogen (secondary N) is 1. The van der Waals surface area contributed by atoms with Crippen LogP contribution in [0.25, 0.3) is 22.0 Å². The average Bonchev–Trinajstić information content (AvgIpc) is 3.32. The zero-order chi connectivity index (χ0) is 19.1. The molecular formula is C23H22N4O. The fraction of sp³-hybridized carbons (Fsp3) is 0.261. The smallest absolute Gasteiger partial charge is 0.224 e.